The van der Waals surface area contributed by atoms with Crippen LogP contribution in [0, 0.1) is 11.8 Å². The van der Waals surface area contributed by atoms with Gasteiger partial charge in [-0.1, -0.05) is 24.0 Å². The van der Waals surface area contributed by atoms with Gasteiger partial charge in [-0.25, -0.2) is 8.42 Å². The Bertz CT molecular complexity index is 1050. The van der Waals surface area contributed by atoms with Gasteiger partial charge in [0.2, 0.25) is 13.9 Å². The van der Waals surface area contributed by atoms with E-state index in [1.165, 1.54) is 36.6 Å². The number of sulfone groups is 1. The van der Waals surface area contributed by atoms with Gasteiger partial charge in [-0.15, -0.1) is 11.3 Å². The molecule has 9 heteroatoms. The lowest BCUT2D eigenvalue weighted by Gasteiger charge is -2.24. The van der Waals surface area contributed by atoms with Gasteiger partial charge >= 0.3 is 0 Å². The highest BCUT2D eigenvalue weighted by Gasteiger charge is 2.58. The zero-order valence-corrected chi connectivity index (χ0v) is 17.4. The van der Waals surface area contributed by atoms with Gasteiger partial charge in [-0.05, 0) is 54.2 Å². The van der Waals surface area contributed by atoms with Crippen molar-refractivity contribution in [1.82, 2.24) is 5.32 Å². The van der Waals surface area contributed by atoms with Gasteiger partial charge in [0.15, 0.2) is 0 Å². The molecule has 0 bridgehead atoms. The lowest BCUT2D eigenvalue weighted by atomic mass is 10.1. The molecule has 1 unspecified atom stereocenters. The fourth-order valence-electron chi connectivity index (χ4n) is 2.75. The molecule has 0 aliphatic carbocycles. The summed E-state index contributed by atoms with van der Waals surface area (Å²) in [6, 6.07) is 9.68. The number of ether oxygens (including phenoxy) is 1. The third-order valence-corrected chi connectivity index (χ3v) is 8.98. The van der Waals surface area contributed by atoms with Crippen molar-refractivity contribution < 1.29 is 22.7 Å². The zero-order chi connectivity index (χ0) is 20.2. The molecule has 146 valence electrons. The molecule has 6 nitrogen and oxygen atoms in total. The average molecular weight is 436 g/mol. The topological polar surface area (TPSA) is 89.5 Å². The van der Waals surface area contributed by atoms with E-state index in [9.17, 15) is 18.0 Å². The number of methoxy groups -OCH3 is 1. The second-order valence-corrected chi connectivity index (χ2v) is 10.6. The minimum atomic E-state index is -4.14. The number of benzene rings is 1. The Morgan fingerprint density at radius 3 is 2.68 bits per heavy atom. The monoisotopic (exact) mass is 435 g/mol. The van der Waals surface area contributed by atoms with Gasteiger partial charge in [-0.2, -0.15) is 0 Å². The molecule has 2 amide bonds. The summed E-state index contributed by atoms with van der Waals surface area (Å²) >= 11 is 2.03. The summed E-state index contributed by atoms with van der Waals surface area (Å²) in [4.78, 5) is 25.2. The number of nitrogens with one attached hydrogen (secondary N) is 1. The fourth-order valence-corrected chi connectivity index (χ4v) is 6.75. The summed E-state index contributed by atoms with van der Waals surface area (Å²) in [5.41, 5.74) is 0. The fraction of sp³-hybridized carbons (Fsp3) is 0.263. The molecule has 2 heterocycles. The molecule has 1 fully saturated rings. The number of thiophene rings is 1. The van der Waals surface area contributed by atoms with E-state index in [0.29, 0.717) is 30.4 Å². The van der Waals surface area contributed by atoms with Crippen molar-refractivity contribution >= 4 is 44.1 Å². The van der Waals surface area contributed by atoms with Crippen molar-refractivity contribution in [3.8, 4) is 17.6 Å². The molecule has 1 aromatic heterocycles. The number of carbonyl (C=O) groups excluding carboxylic acids is 2. The van der Waals surface area contributed by atoms with Gasteiger partial charge in [-0.3, -0.25) is 14.9 Å². The van der Waals surface area contributed by atoms with Gasteiger partial charge in [0.25, 0.3) is 11.1 Å². The van der Waals surface area contributed by atoms with Crippen molar-refractivity contribution in [2.24, 2.45) is 0 Å². The molecular weight excluding hydrogens is 418 g/mol. The van der Waals surface area contributed by atoms with E-state index in [4.69, 9.17) is 4.74 Å². The summed E-state index contributed by atoms with van der Waals surface area (Å²) < 4.78 is 29.8. The third kappa shape index (κ3) is 3.94. The number of rotatable bonds is 6. The highest BCUT2D eigenvalue weighted by atomic mass is 32.3. The van der Waals surface area contributed by atoms with Crippen molar-refractivity contribution in [1.29, 1.82) is 0 Å². The van der Waals surface area contributed by atoms with Crippen LogP contribution < -0.4 is 10.1 Å². The molecule has 1 atom stereocenters. The lowest BCUT2D eigenvalue weighted by molar-refractivity contribution is -0.120. The molecule has 3 rings (SSSR count). The molecule has 0 spiro atoms. The SMILES string of the molecule is COc1cccc(S(=O)(=O)C2(CCCC#Cc3cccs3)SC(=O)NC2=O)c1. The first-order chi connectivity index (χ1) is 13.4. The van der Waals surface area contributed by atoms with E-state index in [0.717, 1.165) is 4.88 Å². The van der Waals surface area contributed by atoms with E-state index < -0.39 is 25.1 Å². The molecule has 28 heavy (non-hydrogen) atoms. The highest BCUT2D eigenvalue weighted by Crippen LogP contribution is 2.44. The van der Waals surface area contributed by atoms with Crippen LogP contribution in [-0.2, 0) is 14.6 Å². The predicted octanol–water partition coefficient (Wildman–Crippen LogP) is 3.43. The van der Waals surface area contributed by atoms with E-state index in [1.54, 1.807) is 6.07 Å². The molecule has 0 radical (unpaired) electrons. The second kappa shape index (κ2) is 8.39. The Kier molecular flexibility index (Phi) is 6.13. The quantitative estimate of drug-likeness (QED) is 0.552. The van der Waals surface area contributed by atoms with Crippen molar-refractivity contribution in [3.05, 3.63) is 46.7 Å². The number of imide groups is 1. The van der Waals surface area contributed by atoms with Crippen molar-refractivity contribution in [2.45, 2.75) is 28.2 Å². The summed E-state index contributed by atoms with van der Waals surface area (Å²) in [7, 11) is -2.72. The Hall–Kier alpha value is -2.28. The van der Waals surface area contributed by atoms with Gasteiger partial charge in [0, 0.05) is 6.42 Å². The third-order valence-electron chi connectivity index (χ3n) is 4.15. The van der Waals surface area contributed by atoms with E-state index in [2.05, 4.69) is 17.2 Å². The molecule has 2 aromatic rings. The van der Waals surface area contributed by atoms with Crippen LogP contribution in [0.3, 0.4) is 0 Å². The van der Waals surface area contributed by atoms with Crippen LogP contribution in [-0.4, -0.2) is 30.8 Å². The summed E-state index contributed by atoms with van der Waals surface area (Å²) in [5, 5.41) is 3.37. The number of amides is 2. The van der Waals surface area contributed by atoms with Gasteiger partial charge < -0.3 is 4.74 Å². The van der Waals surface area contributed by atoms with Crippen LogP contribution in [0.15, 0.2) is 46.7 Å². The Labute approximate surface area is 171 Å². The lowest BCUT2D eigenvalue weighted by Crippen LogP contribution is -2.43. The van der Waals surface area contributed by atoms with Crippen molar-refractivity contribution in [3.63, 3.8) is 0 Å². The maximum atomic E-state index is 13.3. The molecule has 1 aliphatic heterocycles. The van der Waals surface area contributed by atoms with Crippen LogP contribution in [0.2, 0.25) is 0 Å². The number of thioether (sulfide) groups is 1. The Morgan fingerprint density at radius 2 is 2.04 bits per heavy atom. The standard InChI is InChI=1S/C19H17NO5S3/c1-25-14-7-5-10-16(13-14)28(23,24)19(17(21)20-18(22)27-19)11-4-2-3-8-15-9-6-12-26-15/h5-7,9-10,12-13H,2,4,11H2,1H3,(H,20,21,22). The first kappa shape index (κ1) is 20.5. The van der Waals surface area contributed by atoms with Crippen molar-refractivity contribution in [2.75, 3.05) is 7.11 Å². The van der Waals surface area contributed by atoms with Gasteiger partial charge in [0.1, 0.15) is 5.75 Å². The molecule has 1 saturated heterocycles. The largest absolute Gasteiger partial charge is 0.497 e. The van der Waals surface area contributed by atoms with E-state index in [1.807, 2.05) is 17.5 Å². The summed E-state index contributed by atoms with van der Waals surface area (Å²) in [5.74, 6) is 5.53. The normalized spacial score (nSPS) is 19.0. The average Bonchev–Trinajstić information content (AvgIpc) is 3.29. The number of hydrogen-bond acceptors (Lipinski definition) is 7. The van der Waals surface area contributed by atoms with E-state index in [-0.39, 0.29) is 11.3 Å². The van der Waals surface area contributed by atoms with Gasteiger partial charge in [0.05, 0.1) is 16.9 Å². The maximum absolute atomic E-state index is 13.3. The first-order valence-electron chi connectivity index (χ1n) is 8.34. The second-order valence-electron chi connectivity index (χ2n) is 5.91. The molecule has 1 N–H and O–H groups in total. The molecule has 1 aliphatic rings. The van der Waals surface area contributed by atoms with Crippen LogP contribution in [0.4, 0.5) is 4.79 Å². The molecular formula is C19H17NO5S3. The predicted molar refractivity (Wildman–Crippen MR) is 109 cm³/mol. The van der Waals surface area contributed by atoms with Crippen LogP contribution in [0.1, 0.15) is 24.1 Å². The minimum absolute atomic E-state index is 0.0199. The molecule has 1 aromatic carbocycles. The number of carbonyl (C=O) groups is 2. The van der Waals surface area contributed by atoms with E-state index >= 15 is 0 Å². The maximum Gasteiger partial charge on any atom is 0.287 e. The Morgan fingerprint density at radius 1 is 1.21 bits per heavy atom. The highest BCUT2D eigenvalue weighted by molar-refractivity contribution is 8.25. The van der Waals surface area contributed by atoms with Crippen LogP contribution >= 0.6 is 23.1 Å². The zero-order valence-electron chi connectivity index (χ0n) is 14.9. The summed E-state index contributed by atoms with van der Waals surface area (Å²) in [6.45, 7) is 0. The smallest absolute Gasteiger partial charge is 0.287 e. The first-order valence-corrected chi connectivity index (χ1v) is 11.5. The number of unbranched alkanes of at least 4 members (excludes halogenated alkanes) is 1. The molecule has 0 saturated carbocycles. The minimum Gasteiger partial charge on any atom is -0.497 e. The van der Waals surface area contributed by atoms with Crippen LogP contribution in [0.5, 0.6) is 5.75 Å². The Balaban J connectivity index is 1.85. The van der Waals surface area contributed by atoms with Crippen LogP contribution in [0.25, 0.3) is 0 Å². The summed E-state index contributed by atoms with van der Waals surface area (Å²) in [6.07, 6.45) is 0.749. The number of hydrogen-bond donors (Lipinski definition) is 1.